The number of hydrogen-bond acceptors (Lipinski definition) is 4. The number of rotatable bonds is 8. The zero-order chi connectivity index (χ0) is 20.1. The van der Waals surface area contributed by atoms with Crippen LogP contribution in [0.3, 0.4) is 0 Å². The summed E-state index contributed by atoms with van der Waals surface area (Å²) < 4.78 is 11.8. The summed E-state index contributed by atoms with van der Waals surface area (Å²) in [5, 5.41) is 10.7. The Morgan fingerprint density at radius 3 is 2.24 bits per heavy atom. The minimum atomic E-state index is 0.527. The van der Waals surface area contributed by atoms with E-state index < -0.39 is 0 Å². The largest absolute Gasteiger partial charge is 0.494 e. The minimum Gasteiger partial charge on any atom is -0.494 e. The van der Waals surface area contributed by atoms with Crippen LogP contribution in [-0.4, -0.2) is 16.8 Å². The molecule has 29 heavy (non-hydrogen) atoms. The van der Waals surface area contributed by atoms with Gasteiger partial charge in [-0.15, -0.1) is 10.2 Å². The highest BCUT2D eigenvalue weighted by atomic mass is 16.5. The molecule has 0 N–H and O–H groups in total. The van der Waals surface area contributed by atoms with Gasteiger partial charge in [-0.1, -0.05) is 56.0 Å². The number of aryl methyl sites for hydroxylation is 1. The van der Waals surface area contributed by atoms with Crippen molar-refractivity contribution in [2.45, 2.75) is 39.5 Å². The summed E-state index contributed by atoms with van der Waals surface area (Å²) in [5.41, 5.74) is 3.04. The maximum absolute atomic E-state index is 5.91. The monoisotopic (exact) mass is 386 g/mol. The fourth-order valence-corrected chi connectivity index (χ4v) is 3.32. The molecule has 0 unspecified atom stereocenters. The van der Waals surface area contributed by atoms with Gasteiger partial charge in [-0.3, -0.25) is 0 Å². The number of hydrogen-bond donors (Lipinski definition) is 0. The SMILES string of the molecule is CCCCCCOc1ccc2cc(-c3nnc(-c4ccc(C)cc4)o3)ccc2c1. The van der Waals surface area contributed by atoms with Crippen molar-refractivity contribution >= 4 is 10.8 Å². The van der Waals surface area contributed by atoms with E-state index in [1.165, 1.54) is 24.8 Å². The van der Waals surface area contributed by atoms with Crippen LogP contribution >= 0.6 is 0 Å². The summed E-state index contributed by atoms with van der Waals surface area (Å²) in [4.78, 5) is 0. The Morgan fingerprint density at radius 2 is 1.45 bits per heavy atom. The molecule has 0 aliphatic rings. The first-order chi connectivity index (χ1) is 14.2. The molecule has 148 valence electrons. The van der Waals surface area contributed by atoms with Crippen molar-refractivity contribution in [3.05, 3.63) is 66.2 Å². The van der Waals surface area contributed by atoms with E-state index >= 15 is 0 Å². The molecule has 1 aromatic heterocycles. The van der Waals surface area contributed by atoms with Gasteiger partial charge in [0.05, 0.1) is 6.61 Å². The van der Waals surface area contributed by atoms with Gasteiger partial charge in [0.25, 0.3) is 0 Å². The van der Waals surface area contributed by atoms with Crippen LogP contribution in [0.15, 0.2) is 65.1 Å². The predicted molar refractivity (Wildman–Crippen MR) is 117 cm³/mol. The molecule has 0 saturated carbocycles. The zero-order valence-electron chi connectivity index (χ0n) is 17.0. The molecule has 0 radical (unpaired) electrons. The van der Waals surface area contributed by atoms with Crippen LogP contribution in [0.4, 0.5) is 0 Å². The summed E-state index contributed by atoms with van der Waals surface area (Å²) in [6.45, 7) is 5.05. The van der Waals surface area contributed by atoms with Gasteiger partial charge in [0.2, 0.25) is 11.8 Å². The van der Waals surface area contributed by atoms with E-state index in [4.69, 9.17) is 9.15 Å². The van der Waals surface area contributed by atoms with Crippen LogP contribution in [0.5, 0.6) is 5.75 Å². The van der Waals surface area contributed by atoms with Crippen molar-refractivity contribution in [2.75, 3.05) is 6.61 Å². The normalized spacial score (nSPS) is 11.1. The molecule has 4 heteroatoms. The van der Waals surface area contributed by atoms with Crippen molar-refractivity contribution in [1.29, 1.82) is 0 Å². The van der Waals surface area contributed by atoms with Gasteiger partial charge in [0.15, 0.2) is 0 Å². The first-order valence-electron chi connectivity index (χ1n) is 10.3. The molecule has 0 amide bonds. The van der Waals surface area contributed by atoms with Crippen molar-refractivity contribution < 1.29 is 9.15 Å². The third-order valence-corrected chi connectivity index (χ3v) is 5.05. The second kappa shape index (κ2) is 8.91. The maximum Gasteiger partial charge on any atom is 0.248 e. The number of fused-ring (bicyclic) bond motifs is 1. The average Bonchev–Trinajstić information content (AvgIpc) is 3.24. The van der Waals surface area contributed by atoms with E-state index in [2.05, 4.69) is 48.3 Å². The molecule has 4 rings (SSSR count). The van der Waals surface area contributed by atoms with Crippen LogP contribution in [0.2, 0.25) is 0 Å². The molecule has 0 fully saturated rings. The van der Waals surface area contributed by atoms with E-state index in [9.17, 15) is 0 Å². The lowest BCUT2D eigenvalue weighted by Crippen LogP contribution is -1.97. The Labute approximate surface area is 171 Å². The molecule has 0 aliphatic carbocycles. The third kappa shape index (κ3) is 4.65. The lowest BCUT2D eigenvalue weighted by Gasteiger charge is -2.07. The van der Waals surface area contributed by atoms with Gasteiger partial charge in [-0.25, -0.2) is 0 Å². The van der Waals surface area contributed by atoms with E-state index in [0.29, 0.717) is 11.8 Å². The first-order valence-corrected chi connectivity index (χ1v) is 10.3. The van der Waals surface area contributed by atoms with Crippen LogP contribution in [-0.2, 0) is 0 Å². The minimum absolute atomic E-state index is 0.527. The quantitative estimate of drug-likeness (QED) is 0.312. The number of aromatic nitrogens is 2. The van der Waals surface area contributed by atoms with Gasteiger partial charge in [-0.2, -0.15) is 0 Å². The second-order valence-electron chi connectivity index (χ2n) is 7.41. The first kappa shape index (κ1) is 19.2. The average molecular weight is 386 g/mol. The Morgan fingerprint density at radius 1 is 0.759 bits per heavy atom. The highest BCUT2D eigenvalue weighted by molar-refractivity contribution is 5.87. The predicted octanol–water partition coefficient (Wildman–Crippen LogP) is 6.82. The third-order valence-electron chi connectivity index (χ3n) is 5.05. The van der Waals surface area contributed by atoms with Crippen LogP contribution in [0.1, 0.15) is 38.2 Å². The fraction of sp³-hybridized carbons (Fsp3) is 0.280. The van der Waals surface area contributed by atoms with Gasteiger partial charge >= 0.3 is 0 Å². The highest BCUT2D eigenvalue weighted by Crippen LogP contribution is 2.28. The lowest BCUT2D eigenvalue weighted by atomic mass is 10.1. The molecular weight excluding hydrogens is 360 g/mol. The van der Waals surface area contributed by atoms with E-state index in [-0.39, 0.29) is 0 Å². The molecule has 0 bridgehead atoms. The van der Waals surface area contributed by atoms with E-state index in [0.717, 1.165) is 40.7 Å². The van der Waals surface area contributed by atoms with E-state index in [1.54, 1.807) is 0 Å². The van der Waals surface area contributed by atoms with Gasteiger partial charge < -0.3 is 9.15 Å². The Kier molecular flexibility index (Phi) is 5.89. The summed E-state index contributed by atoms with van der Waals surface area (Å²) in [5.74, 6) is 1.98. The lowest BCUT2D eigenvalue weighted by molar-refractivity contribution is 0.305. The summed E-state index contributed by atoms with van der Waals surface area (Å²) in [7, 11) is 0. The van der Waals surface area contributed by atoms with Gasteiger partial charge in [0.1, 0.15) is 5.75 Å². The number of nitrogens with zero attached hydrogens (tertiary/aromatic N) is 2. The van der Waals surface area contributed by atoms with Crippen molar-refractivity contribution in [3.63, 3.8) is 0 Å². The Bertz CT molecular complexity index is 1080. The standard InChI is InChI=1S/C25H26N2O2/c1-3-4-5-6-15-28-23-14-13-20-16-22(12-11-21(20)17-23)25-27-26-24(29-25)19-9-7-18(2)8-10-19/h7-14,16-17H,3-6,15H2,1-2H3. The smallest absolute Gasteiger partial charge is 0.248 e. The number of benzene rings is 3. The maximum atomic E-state index is 5.91. The molecule has 1 heterocycles. The molecule has 0 saturated heterocycles. The number of ether oxygens (including phenoxy) is 1. The van der Waals surface area contributed by atoms with E-state index in [1.807, 2.05) is 36.4 Å². The molecule has 0 spiro atoms. The van der Waals surface area contributed by atoms with Crippen LogP contribution in [0.25, 0.3) is 33.7 Å². The Balaban J connectivity index is 1.49. The zero-order valence-corrected chi connectivity index (χ0v) is 17.0. The van der Waals surface area contributed by atoms with Gasteiger partial charge in [-0.05, 0) is 60.5 Å². The van der Waals surface area contributed by atoms with Crippen molar-refractivity contribution in [1.82, 2.24) is 10.2 Å². The summed E-state index contributed by atoms with van der Waals surface area (Å²) >= 11 is 0. The summed E-state index contributed by atoms with van der Waals surface area (Å²) in [6, 6.07) is 20.4. The molecular formula is C25H26N2O2. The molecule has 4 nitrogen and oxygen atoms in total. The van der Waals surface area contributed by atoms with Crippen LogP contribution in [0, 0.1) is 6.92 Å². The molecule has 0 atom stereocenters. The molecule has 3 aromatic carbocycles. The van der Waals surface area contributed by atoms with Gasteiger partial charge in [0, 0.05) is 11.1 Å². The topological polar surface area (TPSA) is 48.2 Å². The number of unbranched alkanes of at least 4 members (excludes halogenated alkanes) is 3. The molecule has 0 aliphatic heterocycles. The molecule has 4 aromatic rings. The van der Waals surface area contributed by atoms with Crippen molar-refractivity contribution in [2.24, 2.45) is 0 Å². The van der Waals surface area contributed by atoms with Crippen molar-refractivity contribution in [3.8, 4) is 28.7 Å². The fourth-order valence-electron chi connectivity index (χ4n) is 3.32. The summed E-state index contributed by atoms with van der Waals surface area (Å²) in [6.07, 6.45) is 4.84. The highest BCUT2D eigenvalue weighted by Gasteiger charge is 2.11. The Hall–Kier alpha value is -3.14. The van der Waals surface area contributed by atoms with Crippen LogP contribution < -0.4 is 4.74 Å². The second-order valence-corrected chi connectivity index (χ2v) is 7.41.